The van der Waals surface area contributed by atoms with Crippen molar-refractivity contribution in [3.63, 3.8) is 0 Å². The number of alkyl halides is 3. The van der Waals surface area contributed by atoms with Crippen molar-refractivity contribution in [2.24, 2.45) is 5.92 Å². The van der Waals surface area contributed by atoms with Gasteiger partial charge in [-0.05, 0) is 24.8 Å². The summed E-state index contributed by atoms with van der Waals surface area (Å²) in [7, 11) is 0. The van der Waals surface area contributed by atoms with Crippen LogP contribution in [0, 0.1) is 5.92 Å². The molecule has 0 bridgehead atoms. The summed E-state index contributed by atoms with van der Waals surface area (Å²) in [5, 5.41) is 0. The quantitative estimate of drug-likeness (QED) is 0.834. The number of carbonyl (C=O) groups excluding carboxylic acids is 1. The van der Waals surface area contributed by atoms with E-state index >= 15 is 0 Å². The largest absolute Gasteiger partial charge is 0.492 e. The Balaban J connectivity index is 1.71. The molecular formula is C16H18F3NO2. The SMILES string of the molecule is O=C([C@@H]1COc2ccccc21)N(CCC(F)(F)F)CC1CC1. The van der Waals surface area contributed by atoms with Gasteiger partial charge >= 0.3 is 6.18 Å². The van der Waals surface area contributed by atoms with Crippen LogP contribution in [-0.4, -0.2) is 36.7 Å². The van der Waals surface area contributed by atoms with E-state index in [1.165, 1.54) is 4.90 Å². The first kappa shape index (κ1) is 15.2. The van der Waals surface area contributed by atoms with Crippen molar-refractivity contribution < 1.29 is 22.7 Å². The lowest BCUT2D eigenvalue weighted by atomic mass is 9.99. The lowest BCUT2D eigenvalue weighted by Crippen LogP contribution is -2.39. The van der Waals surface area contributed by atoms with Crippen molar-refractivity contribution in [1.82, 2.24) is 4.90 Å². The zero-order valence-electron chi connectivity index (χ0n) is 12.1. The van der Waals surface area contributed by atoms with E-state index < -0.39 is 18.5 Å². The Labute approximate surface area is 127 Å². The molecule has 3 nitrogen and oxygen atoms in total. The molecule has 6 heteroatoms. The Hall–Kier alpha value is -1.72. The van der Waals surface area contributed by atoms with Crippen LogP contribution in [0.15, 0.2) is 24.3 Å². The fraction of sp³-hybridized carbons (Fsp3) is 0.562. The van der Waals surface area contributed by atoms with Crippen LogP contribution >= 0.6 is 0 Å². The molecule has 1 aliphatic carbocycles. The van der Waals surface area contributed by atoms with Crippen molar-refractivity contribution in [3.05, 3.63) is 29.8 Å². The van der Waals surface area contributed by atoms with E-state index in [1.807, 2.05) is 18.2 Å². The molecule has 0 unspecified atom stereocenters. The maximum atomic E-state index is 12.7. The Bertz CT molecular complexity index is 555. The predicted molar refractivity (Wildman–Crippen MR) is 74.7 cm³/mol. The van der Waals surface area contributed by atoms with Gasteiger partial charge in [-0.1, -0.05) is 18.2 Å². The lowest BCUT2D eigenvalue weighted by molar-refractivity contribution is -0.146. The number of rotatable bonds is 5. The molecule has 0 radical (unpaired) electrons. The van der Waals surface area contributed by atoms with E-state index in [2.05, 4.69) is 0 Å². The normalized spacial score (nSPS) is 20.4. The number of ether oxygens (including phenoxy) is 1. The van der Waals surface area contributed by atoms with Gasteiger partial charge in [0.1, 0.15) is 18.3 Å². The molecule has 1 atom stereocenters. The van der Waals surface area contributed by atoms with Gasteiger partial charge in [0.05, 0.1) is 6.42 Å². The van der Waals surface area contributed by atoms with E-state index in [4.69, 9.17) is 4.74 Å². The summed E-state index contributed by atoms with van der Waals surface area (Å²) in [6, 6.07) is 7.22. The number of para-hydroxylation sites is 1. The van der Waals surface area contributed by atoms with Gasteiger partial charge in [-0.15, -0.1) is 0 Å². The summed E-state index contributed by atoms with van der Waals surface area (Å²) in [6.45, 7) is 0.371. The van der Waals surface area contributed by atoms with Gasteiger partial charge in [-0.2, -0.15) is 13.2 Å². The van der Waals surface area contributed by atoms with Crippen LogP contribution in [0.1, 0.15) is 30.7 Å². The van der Waals surface area contributed by atoms with Crippen LogP contribution in [0.4, 0.5) is 13.2 Å². The number of nitrogens with zero attached hydrogens (tertiary/aromatic N) is 1. The molecule has 1 amide bonds. The van der Waals surface area contributed by atoms with Crippen LogP contribution in [0.2, 0.25) is 0 Å². The maximum absolute atomic E-state index is 12.7. The number of fused-ring (bicyclic) bond motifs is 1. The van der Waals surface area contributed by atoms with Crippen molar-refractivity contribution >= 4 is 5.91 Å². The highest BCUT2D eigenvalue weighted by molar-refractivity contribution is 5.85. The Morgan fingerprint density at radius 2 is 2.00 bits per heavy atom. The van der Waals surface area contributed by atoms with Gasteiger partial charge in [0.15, 0.2) is 0 Å². The van der Waals surface area contributed by atoms with Crippen LogP contribution in [-0.2, 0) is 4.79 Å². The molecule has 1 saturated carbocycles. The second-order valence-electron chi connectivity index (χ2n) is 5.99. The molecule has 0 spiro atoms. The molecule has 1 fully saturated rings. The van der Waals surface area contributed by atoms with Crippen molar-refractivity contribution in [1.29, 1.82) is 0 Å². The molecule has 1 aliphatic heterocycles. The highest BCUT2D eigenvalue weighted by Gasteiger charge is 2.37. The number of hydrogen-bond acceptors (Lipinski definition) is 2. The molecule has 1 heterocycles. The summed E-state index contributed by atoms with van der Waals surface area (Å²) in [5.41, 5.74) is 0.778. The smallest absolute Gasteiger partial charge is 0.390 e. The molecule has 1 aromatic carbocycles. The molecular weight excluding hydrogens is 295 g/mol. The Morgan fingerprint density at radius 3 is 2.68 bits per heavy atom. The third-order valence-electron chi connectivity index (χ3n) is 4.15. The Kier molecular flexibility index (Phi) is 4.02. The van der Waals surface area contributed by atoms with Gasteiger partial charge in [-0.3, -0.25) is 4.79 Å². The lowest BCUT2D eigenvalue weighted by Gasteiger charge is -2.26. The van der Waals surface area contributed by atoms with E-state index in [1.54, 1.807) is 6.07 Å². The summed E-state index contributed by atoms with van der Waals surface area (Å²) >= 11 is 0. The minimum atomic E-state index is -4.24. The zero-order valence-corrected chi connectivity index (χ0v) is 12.1. The first-order valence-corrected chi connectivity index (χ1v) is 7.51. The minimum Gasteiger partial charge on any atom is -0.492 e. The fourth-order valence-electron chi connectivity index (χ4n) is 2.75. The molecule has 22 heavy (non-hydrogen) atoms. The van der Waals surface area contributed by atoms with Gasteiger partial charge in [0, 0.05) is 18.7 Å². The van der Waals surface area contributed by atoms with E-state index in [9.17, 15) is 18.0 Å². The summed E-state index contributed by atoms with van der Waals surface area (Å²) in [4.78, 5) is 14.0. The standard InChI is InChI=1S/C16H18F3NO2/c17-16(18,19)7-8-20(9-11-5-6-11)15(21)13-10-22-14-4-2-1-3-12(13)14/h1-4,11,13H,5-10H2/t13-/m1/s1. The van der Waals surface area contributed by atoms with Crippen molar-refractivity contribution in [2.75, 3.05) is 19.7 Å². The van der Waals surface area contributed by atoms with Crippen molar-refractivity contribution in [2.45, 2.75) is 31.4 Å². The molecule has 0 aromatic heterocycles. The number of hydrogen-bond donors (Lipinski definition) is 0. The molecule has 1 aromatic rings. The third-order valence-corrected chi connectivity index (χ3v) is 4.15. The summed E-state index contributed by atoms with van der Waals surface area (Å²) in [6.07, 6.45) is -3.21. The maximum Gasteiger partial charge on any atom is 0.390 e. The second kappa shape index (κ2) is 5.82. The fourth-order valence-corrected chi connectivity index (χ4v) is 2.75. The molecule has 0 N–H and O–H groups in total. The number of benzene rings is 1. The molecule has 3 rings (SSSR count). The van der Waals surface area contributed by atoms with Gasteiger partial charge < -0.3 is 9.64 Å². The van der Waals surface area contributed by atoms with Crippen LogP contribution in [0.3, 0.4) is 0 Å². The first-order chi connectivity index (χ1) is 10.4. The van der Waals surface area contributed by atoms with Gasteiger partial charge in [0.25, 0.3) is 0 Å². The number of amides is 1. The Morgan fingerprint density at radius 1 is 1.27 bits per heavy atom. The van der Waals surface area contributed by atoms with E-state index in [-0.39, 0.29) is 19.1 Å². The average Bonchev–Trinajstić information content (AvgIpc) is 3.18. The van der Waals surface area contributed by atoms with Crippen LogP contribution in [0.5, 0.6) is 5.75 Å². The van der Waals surface area contributed by atoms with Crippen LogP contribution in [0.25, 0.3) is 0 Å². The third kappa shape index (κ3) is 3.54. The van der Waals surface area contributed by atoms with E-state index in [0.29, 0.717) is 18.2 Å². The van der Waals surface area contributed by atoms with Gasteiger partial charge in [-0.25, -0.2) is 0 Å². The van der Waals surface area contributed by atoms with E-state index in [0.717, 1.165) is 18.4 Å². The topological polar surface area (TPSA) is 29.5 Å². The van der Waals surface area contributed by atoms with Crippen molar-refractivity contribution in [3.8, 4) is 5.75 Å². The summed E-state index contributed by atoms with van der Waals surface area (Å²) < 4.78 is 42.9. The number of halogens is 3. The second-order valence-corrected chi connectivity index (χ2v) is 5.99. The van der Waals surface area contributed by atoms with Crippen LogP contribution < -0.4 is 4.74 Å². The highest BCUT2D eigenvalue weighted by Crippen LogP contribution is 2.36. The monoisotopic (exact) mass is 313 g/mol. The first-order valence-electron chi connectivity index (χ1n) is 7.51. The van der Waals surface area contributed by atoms with Gasteiger partial charge in [0.2, 0.25) is 5.91 Å². The molecule has 0 saturated heterocycles. The molecule has 120 valence electrons. The predicted octanol–water partition coefficient (Wildman–Crippen LogP) is 3.35. The highest BCUT2D eigenvalue weighted by atomic mass is 19.4. The zero-order chi connectivity index (χ0) is 15.7. The number of carbonyl (C=O) groups is 1. The summed E-state index contributed by atoms with van der Waals surface area (Å²) in [5.74, 6) is 0.280. The minimum absolute atomic E-state index is 0.214. The molecule has 2 aliphatic rings. The average molecular weight is 313 g/mol.